The van der Waals surface area contributed by atoms with Gasteiger partial charge in [-0.2, -0.15) is 0 Å². The smallest absolute Gasteiger partial charge is 0.220 e. The summed E-state index contributed by atoms with van der Waals surface area (Å²) in [6, 6.07) is 0. The summed E-state index contributed by atoms with van der Waals surface area (Å²) in [7, 11) is 0. The van der Waals surface area contributed by atoms with E-state index in [1.165, 1.54) is 38.5 Å². The summed E-state index contributed by atoms with van der Waals surface area (Å²) in [6.07, 6.45) is 8.74. The summed E-state index contributed by atoms with van der Waals surface area (Å²) in [5, 5.41) is 3.00. The Morgan fingerprint density at radius 3 is 3.07 bits per heavy atom. The highest BCUT2D eigenvalue weighted by Crippen LogP contribution is 2.45. The van der Waals surface area contributed by atoms with Crippen molar-refractivity contribution in [1.82, 2.24) is 5.32 Å². The highest BCUT2D eigenvalue weighted by atomic mass is 16.1. The van der Waals surface area contributed by atoms with Crippen LogP contribution in [0.1, 0.15) is 51.9 Å². The van der Waals surface area contributed by atoms with Crippen molar-refractivity contribution in [2.45, 2.75) is 51.9 Å². The van der Waals surface area contributed by atoms with Crippen molar-refractivity contribution in [2.75, 3.05) is 6.54 Å². The van der Waals surface area contributed by atoms with E-state index in [4.69, 9.17) is 0 Å². The van der Waals surface area contributed by atoms with Gasteiger partial charge in [0.2, 0.25) is 5.91 Å². The first-order valence-corrected chi connectivity index (χ1v) is 6.01. The second-order valence-electron chi connectivity index (χ2n) is 5.20. The van der Waals surface area contributed by atoms with Crippen molar-refractivity contribution >= 4 is 5.91 Å². The third-order valence-electron chi connectivity index (χ3n) is 3.93. The zero-order valence-electron chi connectivity index (χ0n) is 9.14. The summed E-state index contributed by atoms with van der Waals surface area (Å²) < 4.78 is 0. The van der Waals surface area contributed by atoms with Crippen LogP contribution in [0, 0.1) is 11.3 Å². The monoisotopic (exact) mass is 195 g/mol. The van der Waals surface area contributed by atoms with Crippen molar-refractivity contribution in [1.29, 1.82) is 0 Å². The quantitative estimate of drug-likeness (QED) is 0.720. The van der Waals surface area contributed by atoms with E-state index in [1.54, 1.807) is 0 Å². The minimum Gasteiger partial charge on any atom is -0.356 e. The number of amides is 1. The number of carbonyl (C=O) groups excluding carboxylic acids is 1. The number of carbonyl (C=O) groups is 1. The Kier molecular flexibility index (Phi) is 2.80. The maximum absolute atomic E-state index is 11.3. The summed E-state index contributed by atoms with van der Waals surface area (Å²) in [5.41, 5.74) is 0.356. The average Bonchev–Trinajstić information content (AvgIpc) is 2.48. The third kappa shape index (κ3) is 1.94. The normalized spacial score (nSPS) is 37.5. The van der Waals surface area contributed by atoms with Crippen molar-refractivity contribution < 1.29 is 4.79 Å². The van der Waals surface area contributed by atoms with Gasteiger partial charge in [-0.15, -0.1) is 0 Å². The molecule has 0 aromatic heterocycles. The van der Waals surface area contributed by atoms with E-state index in [9.17, 15) is 4.79 Å². The molecule has 2 rings (SSSR count). The van der Waals surface area contributed by atoms with Gasteiger partial charge < -0.3 is 5.32 Å². The summed E-state index contributed by atoms with van der Waals surface area (Å²) in [5.74, 6) is 1.17. The predicted octanol–water partition coefficient (Wildman–Crippen LogP) is 2.48. The Morgan fingerprint density at radius 1 is 1.57 bits per heavy atom. The van der Waals surface area contributed by atoms with Gasteiger partial charge >= 0.3 is 0 Å². The van der Waals surface area contributed by atoms with Crippen LogP contribution in [0.2, 0.25) is 0 Å². The fourth-order valence-corrected chi connectivity index (χ4v) is 3.31. The summed E-state index contributed by atoms with van der Waals surface area (Å²) in [6.45, 7) is 3.21. The highest BCUT2D eigenvalue weighted by molar-refractivity contribution is 5.79. The molecule has 0 radical (unpaired) electrons. The molecule has 0 bridgehead atoms. The van der Waals surface area contributed by atoms with E-state index in [-0.39, 0.29) is 5.91 Å². The molecule has 1 N–H and O–H groups in total. The van der Waals surface area contributed by atoms with Crippen LogP contribution >= 0.6 is 0 Å². The third-order valence-corrected chi connectivity index (χ3v) is 3.93. The average molecular weight is 195 g/mol. The first-order valence-electron chi connectivity index (χ1n) is 6.01. The molecule has 1 spiro atoms. The molecule has 2 atom stereocenters. The van der Waals surface area contributed by atoms with Crippen LogP contribution in [0.25, 0.3) is 0 Å². The van der Waals surface area contributed by atoms with Gasteiger partial charge in [0.15, 0.2) is 0 Å². The molecular formula is C12H21NO. The van der Waals surface area contributed by atoms with Crippen molar-refractivity contribution in [3.8, 4) is 0 Å². The lowest BCUT2D eigenvalue weighted by molar-refractivity contribution is -0.119. The molecule has 2 aliphatic rings. The maximum Gasteiger partial charge on any atom is 0.220 e. The van der Waals surface area contributed by atoms with Gasteiger partial charge in [0.1, 0.15) is 0 Å². The van der Waals surface area contributed by atoms with E-state index >= 15 is 0 Å². The van der Waals surface area contributed by atoms with Gasteiger partial charge in [-0.25, -0.2) is 0 Å². The van der Waals surface area contributed by atoms with Crippen LogP contribution in [0.4, 0.5) is 0 Å². The largest absolute Gasteiger partial charge is 0.356 e. The van der Waals surface area contributed by atoms with E-state index in [0.29, 0.717) is 5.41 Å². The van der Waals surface area contributed by atoms with Crippen LogP contribution in [0.15, 0.2) is 0 Å². The van der Waals surface area contributed by atoms with Crippen LogP contribution in [-0.2, 0) is 4.79 Å². The number of hydrogen-bond acceptors (Lipinski definition) is 1. The molecule has 1 amide bonds. The molecular weight excluding hydrogens is 174 g/mol. The van der Waals surface area contributed by atoms with Gasteiger partial charge in [0.05, 0.1) is 0 Å². The van der Waals surface area contributed by atoms with Gasteiger partial charge in [-0.3, -0.25) is 4.79 Å². The molecule has 0 unspecified atom stereocenters. The summed E-state index contributed by atoms with van der Waals surface area (Å²) in [4.78, 5) is 11.3. The van der Waals surface area contributed by atoms with Crippen molar-refractivity contribution in [3.05, 3.63) is 0 Å². The minimum absolute atomic E-state index is 0.280. The van der Waals surface area contributed by atoms with Gasteiger partial charge in [-0.1, -0.05) is 32.6 Å². The zero-order chi connectivity index (χ0) is 10.0. The first kappa shape index (κ1) is 10.0. The topological polar surface area (TPSA) is 29.1 Å². The number of rotatable bonds is 2. The molecule has 1 saturated heterocycles. The maximum atomic E-state index is 11.3. The summed E-state index contributed by atoms with van der Waals surface area (Å²) >= 11 is 0. The Hall–Kier alpha value is -0.530. The SMILES string of the molecule is CCC[C@@H]1CCC[C@]2(CNC(=O)C2)C1. The van der Waals surface area contributed by atoms with Crippen LogP contribution < -0.4 is 5.32 Å². The van der Waals surface area contributed by atoms with Crippen LogP contribution in [0.3, 0.4) is 0 Å². The molecule has 1 heterocycles. The number of nitrogens with one attached hydrogen (secondary N) is 1. The number of hydrogen-bond donors (Lipinski definition) is 1. The van der Waals surface area contributed by atoms with Crippen LogP contribution in [0.5, 0.6) is 0 Å². The fourth-order valence-electron chi connectivity index (χ4n) is 3.31. The van der Waals surface area contributed by atoms with E-state index < -0.39 is 0 Å². The Morgan fingerprint density at radius 2 is 2.43 bits per heavy atom. The lowest BCUT2D eigenvalue weighted by atomic mass is 9.68. The Labute approximate surface area is 86.5 Å². The van der Waals surface area contributed by atoms with Gasteiger partial charge in [0.25, 0.3) is 0 Å². The Bertz CT molecular complexity index is 224. The molecule has 14 heavy (non-hydrogen) atoms. The molecule has 80 valence electrons. The molecule has 2 nitrogen and oxygen atoms in total. The standard InChI is InChI=1S/C12H21NO/c1-2-4-10-5-3-6-12(7-10)8-11(14)13-9-12/h10H,2-9H2,1H3,(H,13,14)/t10-,12+/m1/s1. The second-order valence-corrected chi connectivity index (χ2v) is 5.20. The van der Waals surface area contributed by atoms with Crippen LogP contribution in [-0.4, -0.2) is 12.5 Å². The molecule has 1 aliphatic heterocycles. The van der Waals surface area contributed by atoms with Crippen molar-refractivity contribution in [3.63, 3.8) is 0 Å². The van der Waals surface area contributed by atoms with E-state index in [2.05, 4.69) is 12.2 Å². The lowest BCUT2D eigenvalue weighted by Gasteiger charge is -2.36. The zero-order valence-corrected chi connectivity index (χ0v) is 9.14. The molecule has 0 aromatic carbocycles. The highest BCUT2D eigenvalue weighted by Gasteiger charge is 2.41. The van der Waals surface area contributed by atoms with E-state index in [0.717, 1.165) is 18.9 Å². The molecule has 1 saturated carbocycles. The van der Waals surface area contributed by atoms with Gasteiger partial charge in [0, 0.05) is 13.0 Å². The minimum atomic E-state index is 0.280. The molecule has 1 aliphatic carbocycles. The fraction of sp³-hybridized carbons (Fsp3) is 0.917. The molecule has 2 fully saturated rings. The molecule has 0 aromatic rings. The lowest BCUT2D eigenvalue weighted by Crippen LogP contribution is -2.30. The second kappa shape index (κ2) is 3.92. The Balaban J connectivity index is 1.96. The van der Waals surface area contributed by atoms with E-state index in [1.807, 2.05) is 0 Å². The van der Waals surface area contributed by atoms with Crippen molar-refractivity contribution in [2.24, 2.45) is 11.3 Å². The first-order chi connectivity index (χ1) is 6.74. The molecule has 2 heteroatoms. The van der Waals surface area contributed by atoms with Gasteiger partial charge in [-0.05, 0) is 24.2 Å². The predicted molar refractivity (Wildman–Crippen MR) is 56.9 cm³/mol.